The van der Waals surface area contributed by atoms with Crippen LogP contribution >= 0.6 is 12.4 Å². The summed E-state index contributed by atoms with van der Waals surface area (Å²) >= 11 is 0. The van der Waals surface area contributed by atoms with Crippen LogP contribution in [0.15, 0.2) is 24.8 Å². The maximum absolute atomic E-state index is 13.1. The standard InChI is InChI=1S/C12H16FNO.ClH/c1-3-4-5-11(14)10-7-9(13)6-8(2)12(10)15;/h3,6-7,11,15H,1,4-5,14H2,2H3;1H/t11-;/m0./s1. The number of phenolic OH excluding ortho intramolecular Hbond substituents is 1. The molecule has 0 aromatic heterocycles. The summed E-state index contributed by atoms with van der Waals surface area (Å²) in [7, 11) is 0. The molecule has 0 spiro atoms. The zero-order valence-electron chi connectivity index (χ0n) is 9.24. The summed E-state index contributed by atoms with van der Waals surface area (Å²) in [4.78, 5) is 0. The minimum atomic E-state index is -0.366. The van der Waals surface area contributed by atoms with E-state index < -0.39 is 0 Å². The molecule has 0 aliphatic rings. The van der Waals surface area contributed by atoms with Gasteiger partial charge in [-0.2, -0.15) is 0 Å². The van der Waals surface area contributed by atoms with E-state index in [0.717, 1.165) is 6.42 Å². The molecule has 1 rings (SSSR count). The van der Waals surface area contributed by atoms with Crippen molar-refractivity contribution in [1.29, 1.82) is 0 Å². The van der Waals surface area contributed by atoms with Crippen LogP contribution in [0.4, 0.5) is 4.39 Å². The van der Waals surface area contributed by atoms with Crippen LogP contribution in [-0.2, 0) is 0 Å². The number of phenols is 1. The fourth-order valence-corrected chi connectivity index (χ4v) is 1.50. The Bertz CT molecular complexity index is 368. The largest absolute Gasteiger partial charge is 0.507 e. The number of halogens is 2. The average molecular weight is 246 g/mol. The Morgan fingerprint density at radius 3 is 2.75 bits per heavy atom. The molecular formula is C12H17ClFNO. The lowest BCUT2D eigenvalue weighted by molar-refractivity contribution is 0.451. The summed E-state index contributed by atoms with van der Waals surface area (Å²) in [5, 5.41) is 9.72. The van der Waals surface area contributed by atoms with E-state index >= 15 is 0 Å². The molecular weight excluding hydrogens is 229 g/mol. The third kappa shape index (κ3) is 3.51. The van der Waals surface area contributed by atoms with Gasteiger partial charge in [-0.3, -0.25) is 0 Å². The van der Waals surface area contributed by atoms with Gasteiger partial charge in [-0.25, -0.2) is 4.39 Å². The monoisotopic (exact) mass is 245 g/mol. The molecule has 0 fully saturated rings. The van der Waals surface area contributed by atoms with Gasteiger partial charge in [0.1, 0.15) is 11.6 Å². The van der Waals surface area contributed by atoms with Gasteiger partial charge in [0, 0.05) is 11.6 Å². The topological polar surface area (TPSA) is 46.2 Å². The minimum absolute atomic E-state index is 0. The highest BCUT2D eigenvalue weighted by Gasteiger charge is 2.13. The van der Waals surface area contributed by atoms with E-state index in [1.165, 1.54) is 12.1 Å². The molecule has 1 aromatic carbocycles. The number of aromatic hydroxyl groups is 1. The van der Waals surface area contributed by atoms with Crippen molar-refractivity contribution in [1.82, 2.24) is 0 Å². The highest BCUT2D eigenvalue weighted by atomic mass is 35.5. The Hall–Kier alpha value is -1.06. The Morgan fingerprint density at radius 2 is 2.19 bits per heavy atom. The summed E-state index contributed by atoms with van der Waals surface area (Å²) in [6.45, 7) is 5.25. The molecule has 0 aliphatic heterocycles. The fourth-order valence-electron chi connectivity index (χ4n) is 1.50. The fraction of sp³-hybridized carbons (Fsp3) is 0.333. The molecule has 1 aromatic rings. The Balaban J connectivity index is 0.00000225. The van der Waals surface area contributed by atoms with Crippen LogP contribution < -0.4 is 5.73 Å². The summed E-state index contributed by atoms with van der Waals surface area (Å²) in [5.74, 6) is -0.276. The van der Waals surface area contributed by atoms with Crippen molar-refractivity contribution >= 4 is 12.4 Å². The second-order valence-electron chi connectivity index (χ2n) is 3.63. The molecule has 0 bridgehead atoms. The molecule has 3 N–H and O–H groups in total. The lowest BCUT2D eigenvalue weighted by atomic mass is 9.99. The van der Waals surface area contributed by atoms with Gasteiger partial charge in [0.15, 0.2) is 0 Å². The zero-order chi connectivity index (χ0) is 11.4. The number of benzene rings is 1. The second-order valence-corrected chi connectivity index (χ2v) is 3.63. The van der Waals surface area contributed by atoms with Crippen molar-refractivity contribution in [3.63, 3.8) is 0 Å². The third-order valence-corrected chi connectivity index (χ3v) is 2.38. The van der Waals surface area contributed by atoms with E-state index in [-0.39, 0.29) is 30.0 Å². The quantitative estimate of drug-likeness (QED) is 0.800. The molecule has 0 saturated carbocycles. The number of nitrogens with two attached hydrogens (primary N) is 1. The molecule has 0 unspecified atom stereocenters. The van der Waals surface area contributed by atoms with Crippen molar-refractivity contribution in [2.75, 3.05) is 0 Å². The Labute approximate surface area is 101 Å². The average Bonchev–Trinajstić information content (AvgIpc) is 2.19. The normalized spacial score (nSPS) is 11.7. The van der Waals surface area contributed by atoms with Gasteiger partial charge in [0.2, 0.25) is 0 Å². The maximum Gasteiger partial charge on any atom is 0.124 e. The van der Waals surface area contributed by atoms with Crippen LogP contribution in [0, 0.1) is 12.7 Å². The predicted octanol–water partition coefficient (Wildman–Crippen LogP) is 3.23. The van der Waals surface area contributed by atoms with Crippen molar-refractivity contribution < 1.29 is 9.50 Å². The Kier molecular flexibility index (Phi) is 6.08. The van der Waals surface area contributed by atoms with E-state index in [2.05, 4.69) is 6.58 Å². The van der Waals surface area contributed by atoms with Crippen LogP contribution in [0.5, 0.6) is 5.75 Å². The molecule has 0 heterocycles. The molecule has 0 saturated heterocycles. The van der Waals surface area contributed by atoms with Gasteiger partial charge in [-0.15, -0.1) is 19.0 Å². The predicted molar refractivity (Wildman–Crippen MR) is 66.4 cm³/mol. The first kappa shape index (κ1) is 14.9. The molecule has 0 aliphatic carbocycles. The molecule has 90 valence electrons. The van der Waals surface area contributed by atoms with Crippen LogP contribution in [0.2, 0.25) is 0 Å². The maximum atomic E-state index is 13.1. The van der Waals surface area contributed by atoms with E-state index in [4.69, 9.17) is 5.73 Å². The number of hydrogen-bond acceptors (Lipinski definition) is 2. The Morgan fingerprint density at radius 1 is 1.56 bits per heavy atom. The van der Waals surface area contributed by atoms with Crippen molar-refractivity contribution in [3.8, 4) is 5.75 Å². The first-order valence-electron chi connectivity index (χ1n) is 4.91. The summed E-state index contributed by atoms with van der Waals surface area (Å²) in [5.41, 5.74) is 6.83. The number of allylic oxidation sites excluding steroid dienone is 1. The molecule has 0 amide bonds. The van der Waals surface area contributed by atoms with Gasteiger partial charge < -0.3 is 10.8 Å². The molecule has 0 radical (unpaired) electrons. The van der Waals surface area contributed by atoms with Gasteiger partial charge in [-0.05, 0) is 37.5 Å². The van der Waals surface area contributed by atoms with E-state index in [1.54, 1.807) is 13.0 Å². The second kappa shape index (κ2) is 6.51. The number of hydrogen-bond donors (Lipinski definition) is 2. The summed E-state index contributed by atoms with van der Waals surface area (Å²) in [6.07, 6.45) is 3.15. The first-order valence-corrected chi connectivity index (χ1v) is 4.91. The minimum Gasteiger partial charge on any atom is -0.507 e. The molecule has 4 heteroatoms. The van der Waals surface area contributed by atoms with Crippen LogP contribution in [0.1, 0.15) is 30.0 Å². The lowest BCUT2D eigenvalue weighted by Gasteiger charge is -2.14. The van der Waals surface area contributed by atoms with Crippen LogP contribution in [0.3, 0.4) is 0 Å². The summed E-state index contributed by atoms with van der Waals surface area (Å²) in [6, 6.07) is 2.23. The molecule has 1 atom stereocenters. The smallest absolute Gasteiger partial charge is 0.124 e. The van der Waals surface area contributed by atoms with Gasteiger partial charge in [0.25, 0.3) is 0 Å². The number of aryl methyl sites for hydroxylation is 1. The van der Waals surface area contributed by atoms with Gasteiger partial charge >= 0.3 is 0 Å². The van der Waals surface area contributed by atoms with Gasteiger partial charge in [0.05, 0.1) is 0 Å². The first-order chi connectivity index (χ1) is 7.06. The van der Waals surface area contributed by atoms with Crippen molar-refractivity contribution in [2.45, 2.75) is 25.8 Å². The van der Waals surface area contributed by atoms with Crippen molar-refractivity contribution in [2.24, 2.45) is 5.73 Å². The highest BCUT2D eigenvalue weighted by Crippen LogP contribution is 2.29. The molecule has 16 heavy (non-hydrogen) atoms. The van der Waals surface area contributed by atoms with Crippen molar-refractivity contribution in [3.05, 3.63) is 41.7 Å². The van der Waals surface area contributed by atoms with E-state index in [1.807, 2.05) is 0 Å². The highest BCUT2D eigenvalue weighted by molar-refractivity contribution is 5.85. The SMILES string of the molecule is C=CCC[C@H](N)c1cc(F)cc(C)c1O.Cl. The van der Waals surface area contributed by atoms with E-state index in [0.29, 0.717) is 17.5 Å². The van der Waals surface area contributed by atoms with E-state index in [9.17, 15) is 9.50 Å². The summed E-state index contributed by atoms with van der Waals surface area (Å²) < 4.78 is 13.1. The third-order valence-electron chi connectivity index (χ3n) is 2.38. The lowest BCUT2D eigenvalue weighted by Crippen LogP contribution is -2.10. The van der Waals surface area contributed by atoms with Crippen LogP contribution in [-0.4, -0.2) is 5.11 Å². The molecule has 2 nitrogen and oxygen atoms in total. The number of rotatable bonds is 4. The van der Waals surface area contributed by atoms with Gasteiger partial charge in [-0.1, -0.05) is 6.08 Å². The van der Waals surface area contributed by atoms with Crippen LogP contribution in [0.25, 0.3) is 0 Å². The zero-order valence-corrected chi connectivity index (χ0v) is 10.1.